The fraction of sp³-hybridized carbons (Fsp3) is 0. The monoisotopic (exact) mass is 716 g/mol. The van der Waals surface area contributed by atoms with E-state index in [1.54, 1.807) is 0 Å². The Kier molecular flexibility index (Phi) is 7.38. The third kappa shape index (κ3) is 5.35. The summed E-state index contributed by atoms with van der Waals surface area (Å²) in [5.74, 6) is 1.17. The Bertz CT molecular complexity index is 3160. The van der Waals surface area contributed by atoms with Crippen molar-refractivity contribution in [2.24, 2.45) is 0 Å². The molecule has 0 fully saturated rings. The Morgan fingerprint density at radius 2 is 0.982 bits per heavy atom. The van der Waals surface area contributed by atoms with Gasteiger partial charge in [0, 0.05) is 55.8 Å². The molecule has 0 saturated carbocycles. The highest BCUT2D eigenvalue weighted by Crippen LogP contribution is 2.37. The van der Waals surface area contributed by atoms with E-state index in [0.717, 1.165) is 61.4 Å². The van der Waals surface area contributed by atoms with Crippen molar-refractivity contribution in [1.82, 2.24) is 29.1 Å². The maximum absolute atomic E-state index is 5.22. The van der Waals surface area contributed by atoms with E-state index < -0.39 is 0 Å². The normalized spacial score (nSPS) is 11.6. The van der Waals surface area contributed by atoms with Gasteiger partial charge in [-0.25, -0.2) is 19.9 Å². The van der Waals surface area contributed by atoms with Crippen LogP contribution in [-0.4, -0.2) is 29.1 Å². The molecule has 7 aromatic carbocycles. The number of nitrogens with zero attached hydrogens (tertiary/aromatic N) is 6. The van der Waals surface area contributed by atoms with Crippen LogP contribution in [0.2, 0.25) is 0 Å². The second-order valence-corrected chi connectivity index (χ2v) is 14.0. The molecule has 4 heterocycles. The van der Waals surface area contributed by atoms with Gasteiger partial charge in [0.05, 0.1) is 33.5 Å². The van der Waals surface area contributed by atoms with Crippen LogP contribution in [0.5, 0.6) is 0 Å². The van der Waals surface area contributed by atoms with Gasteiger partial charge in [0.1, 0.15) is 5.69 Å². The van der Waals surface area contributed by atoms with Crippen molar-refractivity contribution in [3.8, 4) is 56.8 Å². The molecule has 0 unspecified atom stereocenters. The molecule has 0 aliphatic carbocycles. The first-order valence-electron chi connectivity index (χ1n) is 18.7. The summed E-state index contributed by atoms with van der Waals surface area (Å²) in [4.78, 5) is 20.5. The lowest BCUT2D eigenvalue weighted by atomic mass is 10.1. The van der Waals surface area contributed by atoms with Crippen LogP contribution < -0.4 is 0 Å². The SMILES string of the molecule is c1ccc(-c2cc(-c3ccccc3)nc(-c3nc(-c4ccc(-n5c6ccccc6c6cc7c(ccn7-c7ccccc7)cc65)cc4)nc4ccccc34)n2)cc1. The summed E-state index contributed by atoms with van der Waals surface area (Å²) in [7, 11) is 0. The lowest BCUT2D eigenvalue weighted by molar-refractivity contribution is 1.13. The van der Waals surface area contributed by atoms with Crippen LogP contribution in [0, 0.1) is 0 Å². The predicted molar refractivity (Wildman–Crippen MR) is 228 cm³/mol. The van der Waals surface area contributed by atoms with Gasteiger partial charge in [-0.3, -0.25) is 0 Å². The average Bonchev–Trinajstić information content (AvgIpc) is 3.84. The largest absolute Gasteiger partial charge is 0.317 e. The van der Waals surface area contributed by atoms with Gasteiger partial charge in [0.2, 0.25) is 0 Å². The highest BCUT2D eigenvalue weighted by Gasteiger charge is 2.19. The summed E-state index contributed by atoms with van der Waals surface area (Å²) < 4.78 is 4.62. The maximum Gasteiger partial charge on any atom is 0.180 e. The van der Waals surface area contributed by atoms with Crippen LogP contribution in [-0.2, 0) is 0 Å². The Hall–Kier alpha value is -7.70. The zero-order chi connectivity index (χ0) is 37.0. The molecule has 0 N–H and O–H groups in total. The van der Waals surface area contributed by atoms with E-state index in [9.17, 15) is 0 Å². The van der Waals surface area contributed by atoms with Crippen molar-refractivity contribution in [1.29, 1.82) is 0 Å². The van der Waals surface area contributed by atoms with Gasteiger partial charge in [-0.05, 0) is 72.8 Å². The predicted octanol–water partition coefficient (Wildman–Crippen LogP) is 12.1. The fourth-order valence-electron chi connectivity index (χ4n) is 7.89. The molecule has 11 aromatic rings. The minimum absolute atomic E-state index is 0.555. The molecule has 0 saturated heterocycles. The maximum atomic E-state index is 5.22. The van der Waals surface area contributed by atoms with E-state index in [2.05, 4.69) is 143 Å². The van der Waals surface area contributed by atoms with Crippen molar-refractivity contribution in [2.45, 2.75) is 0 Å². The third-order valence-electron chi connectivity index (χ3n) is 10.6. The van der Waals surface area contributed by atoms with Gasteiger partial charge < -0.3 is 9.13 Å². The van der Waals surface area contributed by atoms with Crippen molar-refractivity contribution >= 4 is 43.6 Å². The summed E-state index contributed by atoms with van der Waals surface area (Å²) >= 11 is 0. The average molecular weight is 717 g/mol. The van der Waals surface area contributed by atoms with E-state index in [0.29, 0.717) is 17.3 Å². The van der Waals surface area contributed by atoms with Crippen molar-refractivity contribution in [3.63, 3.8) is 0 Å². The minimum atomic E-state index is 0.555. The second-order valence-electron chi connectivity index (χ2n) is 14.0. The number of aromatic nitrogens is 6. The summed E-state index contributed by atoms with van der Waals surface area (Å²) in [5.41, 5.74) is 11.8. The summed E-state index contributed by atoms with van der Waals surface area (Å²) in [6.45, 7) is 0. The van der Waals surface area contributed by atoms with Gasteiger partial charge in [-0.1, -0.05) is 115 Å². The number of rotatable bonds is 6. The Morgan fingerprint density at radius 3 is 1.70 bits per heavy atom. The van der Waals surface area contributed by atoms with Crippen LogP contribution in [0.1, 0.15) is 0 Å². The number of para-hydroxylation sites is 3. The zero-order valence-corrected chi connectivity index (χ0v) is 30.2. The van der Waals surface area contributed by atoms with E-state index in [1.807, 2.05) is 60.7 Å². The van der Waals surface area contributed by atoms with Crippen molar-refractivity contribution in [3.05, 3.63) is 194 Å². The molecule has 0 amide bonds. The summed E-state index contributed by atoms with van der Waals surface area (Å²) in [6.07, 6.45) is 2.16. The smallest absolute Gasteiger partial charge is 0.180 e. The number of hydrogen-bond acceptors (Lipinski definition) is 4. The van der Waals surface area contributed by atoms with Gasteiger partial charge in [0.25, 0.3) is 0 Å². The van der Waals surface area contributed by atoms with Crippen LogP contribution in [0.3, 0.4) is 0 Å². The molecule has 6 nitrogen and oxygen atoms in total. The van der Waals surface area contributed by atoms with Crippen LogP contribution in [0.25, 0.3) is 100 Å². The molecule has 0 spiro atoms. The molecule has 0 bridgehead atoms. The molecular weight excluding hydrogens is 685 g/mol. The topological polar surface area (TPSA) is 61.4 Å². The molecule has 0 radical (unpaired) electrons. The zero-order valence-electron chi connectivity index (χ0n) is 30.2. The first kappa shape index (κ1) is 31.8. The van der Waals surface area contributed by atoms with E-state index in [4.69, 9.17) is 19.9 Å². The Morgan fingerprint density at radius 1 is 0.357 bits per heavy atom. The molecule has 11 rings (SSSR count). The summed E-state index contributed by atoms with van der Waals surface area (Å²) in [5, 5.41) is 4.51. The van der Waals surface area contributed by atoms with Gasteiger partial charge in [-0.15, -0.1) is 0 Å². The van der Waals surface area contributed by atoms with Crippen molar-refractivity contribution < 1.29 is 0 Å². The lowest BCUT2D eigenvalue weighted by Crippen LogP contribution is -2.01. The van der Waals surface area contributed by atoms with Gasteiger partial charge in [-0.2, -0.15) is 0 Å². The molecule has 262 valence electrons. The lowest BCUT2D eigenvalue weighted by Gasteiger charge is -2.12. The second kappa shape index (κ2) is 13.0. The molecule has 0 aliphatic rings. The Balaban J connectivity index is 1.05. The quantitative estimate of drug-likeness (QED) is 0.172. The van der Waals surface area contributed by atoms with Crippen LogP contribution in [0.15, 0.2) is 194 Å². The van der Waals surface area contributed by atoms with Crippen LogP contribution in [0.4, 0.5) is 0 Å². The van der Waals surface area contributed by atoms with Gasteiger partial charge in [0.15, 0.2) is 11.6 Å². The van der Waals surface area contributed by atoms with Crippen molar-refractivity contribution in [2.75, 3.05) is 0 Å². The van der Waals surface area contributed by atoms with E-state index in [-0.39, 0.29) is 0 Å². The van der Waals surface area contributed by atoms with E-state index >= 15 is 0 Å². The third-order valence-corrected chi connectivity index (χ3v) is 10.6. The molecular formula is C50H32N6. The highest BCUT2D eigenvalue weighted by molar-refractivity contribution is 6.13. The number of fused-ring (bicyclic) bond motifs is 5. The Labute approximate surface area is 322 Å². The molecule has 6 heteroatoms. The van der Waals surface area contributed by atoms with Gasteiger partial charge >= 0.3 is 0 Å². The number of hydrogen-bond donors (Lipinski definition) is 0. The fourth-order valence-corrected chi connectivity index (χ4v) is 7.89. The highest BCUT2D eigenvalue weighted by atomic mass is 15.0. The number of benzene rings is 7. The van der Waals surface area contributed by atoms with Crippen LogP contribution >= 0.6 is 0 Å². The first-order valence-corrected chi connectivity index (χ1v) is 18.7. The molecule has 4 aromatic heterocycles. The standard InChI is InChI=1S/C50H32N6/c1-4-14-33(15-5-1)43-32-44(34-16-6-2-7-17-34)53-50(52-43)48-40-21-10-12-22-42(40)51-49(54-48)35-24-26-38(27-25-35)56-45-23-13-11-20-39(45)41-31-46-36(30-47(41)56)28-29-55(46)37-18-8-3-9-19-37/h1-32H. The molecule has 0 aliphatic heterocycles. The molecule has 0 atom stereocenters. The summed E-state index contributed by atoms with van der Waals surface area (Å²) in [6, 6.07) is 65.2. The van der Waals surface area contributed by atoms with E-state index in [1.165, 1.54) is 21.7 Å². The molecule has 56 heavy (non-hydrogen) atoms. The first-order chi connectivity index (χ1) is 27.7. The minimum Gasteiger partial charge on any atom is -0.317 e.